The number of esters is 2. The van der Waals surface area contributed by atoms with E-state index >= 15 is 0 Å². The van der Waals surface area contributed by atoms with Crippen LogP contribution in [0.15, 0.2) is 30.0 Å². The van der Waals surface area contributed by atoms with E-state index < -0.39 is 28.7 Å². The third kappa shape index (κ3) is 5.17. The van der Waals surface area contributed by atoms with Crippen molar-refractivity contribution in [3.63, 3.8) is 0 Å². The molecule has 0 bridgehead atoms. The number of hydrogen-bond acceptors (Lipinski definition) is 6. The third-order valence-electron chi connectivity index (χ3n) is 2.45. The molecule has 0 spiro atoms. The van der Waals surface area contributed by atoms with Crippen molar-refractivity contribution in [1.82, 2.24) is 0 Å². The Balaban J connectivity index is 3.22. The molecule has 22 heavy (non-hydrogen) atoms. The second-order valence-electron chi connectivity index (χ2n) is 4.12. The lowest BCUT2D eigenvalue weighted by atomic mass is 10.1. The van der Waals surface area contributed by atoms with Gasteiger partial charge in [-0.1, -0.05) is 23.7 Å². The first kappa shape index (κ1) is 17.6. The van der Waals surface area contributed by atoms with Crippen molar-refractivity contribution < 1.29 is 24.0 Å². The Morgan fingerprint density at radius 2 is 1.95 bits per heavy atom. The first-order valence-electron chi connectivity index (χ1n) is 6.30. The second kappa shape index (κ2) is 8.14. The standard InChI is InChI=1S/C14H14ClNO6/c1-3-21-14(18)13(22-9(2)17)12(16(19)20)8-10-4-6-11(15)7-5-10/h4-8,13H,3H2,1-2H3/b12-8+. The molecule has 0 saturated heterocycles. The summed E-state index contributed by atoms with van der Waals surface area (Å²) in [5.74, 6) is -1.84. The van der Waals surface area contributed by atoms with Crippen LogP contribution in [0.3, 0.4) is 0 Å². The molecule has 0 heterocycles. The molecule has 0 radical (unpaired) electrons. The number of ether oxygens (including phenoxy) is 2. The summed E-state index contributed by atoms with van der Waals surface area (Å²) in [5, 5.41) is 11.7. The summed E-state index contributed by atoms with van der Waals surface area (Å²) >= 11 is 5.74. The van der Waals surface area contributed by atoms with Crippen LogP contribution in [0.5, 0.6) is 0 Å². The van der Waals surface area contributed by atoms with E-state index in [1.54, 1.807) is 0 Å². The Morgan fingerprint density at radius 3 is 2.41 bits per heavy atom. The highest BCUT2D eigenvalue weighted by Gasteiger charge is 2.36. The summed E-state index contributed by atoms with van der Waals surface area (Å²) in [6.07, 6.45) is -0.607. The Bertz CT molecular complexity index is 596. The van der Waals surface area contributed by atoms with Crippen molar-refractivity contribution in [2.45, 2.75) is 20.0 Å². The zero-order valence-corrected chi connectivity index (χ0v) is 12.7. The molecule has 7 nitrogen and oxygen atoms in total. The van der Waals surface area contributed by atoms with E-state index in [-0.39, 0.29) is 6.61 Å². The van der Waals surface area contributed by atoms with Crippen LogP contribution in [0, 0.1) is 10.1 Å². The van der Waals surface area contributed by atoms with E-state index in [1.807, 2.05) is 0 Å². The average molecular weight is 328 g/mol. The number of halogens is 1. The lowest BCUT2D eigenvalue weighted by Gasteiger charge is -2.13. The molecule has 0 fully saturated rings. The van der Waals surface area contributed by atoms with Gasteiger partial charge in [0.05, 0.1) is 11.5 Å². The monoisotopic (exact) mass is 327 g/mol. The Labute approximate surface area is 131 Å². The minimum atomic E-state index is -1.73. The van der Waals surface area contributed by atoms with Crippen LogP contribution in [0.4, 0.5) is 0 Å². The smallest absolute Gasteiger partial charge is 0.358 e. The van der Waals surface area contributed by atoms with Gasteiger partial charge in [-0.25, -0.2) is 4.79 Å². The molecule has 0 amide bonds. The van der Waals surface area contributed by atoms with Crippen molar-refractivity contribution >= 4 is 29.6 Å². The highest BCUT2D eigenvalue weighted by atomic mass is 35.5. The minimum absolute atomic E-state index is 0.00252. The Hall–Kier alpha value is -2.41. The van der Waals surface area contributed by atoms with Gasteiger partial charge in [0.1, 0.15) is 0 Å². The van der Waals surface area contributed by atoms with E-state index in [4.69, 9.17) is 21.1 Å². The number of rotatable bonds is 6. The molecular weight excluding hydrogens is 314 g/mol. The highest BCUT2D eigenvalue weighted by Crippen LogP contribution is 2.17. The van der Waals surface area contributed by atoms with E-state index in [1.165, 1.54) is 31.2 Å². The number of hydrogen-bond donors (Lipinski definition) is 0. The molecule has 1 unspecified atom stereocenters. The van der Waals surface area contributed by atoms with Gasteiger partial charge in [-0.15, -0.1) is 0 Å². The summed E-state index contributed by atoms with van der Waals surface area (Å²) in [6, 6.07) is 6.13. The largest absolute Gasteiger partial charge is 0.463 e. The molecule has 0 aliphatic rings. The molecule has 1 atom stereocenters. The van der Waals surface area contributed by atoms with Crippen molar-refractivity contribution in [3.8, 4) is 0 Å². The Kier molecular flexibility index (Phi) is 6.52. The molecule has 0 aromatic heterocycles. The maximum Gasteiger partial charge on any atom is 0.358 e. The number of benzene rings is 1. The predicted molar refractivity (Wildman–Crippen MR) is 78.6 cm³/mol. The molecule has 8 heteroatoms. The summed E-state index contributed by atoms with van der Waals surface area (Å²) in [7, 11) is 0. The van der Waals surface area contributed by atoms with Gasteiger partial charge < -0.3 is 9.47 Å². The SMILES string of the molecule is CCOC(=O)C(OC(C)=O)/C(=C\c1ccc(Cl)cc1)[N+](=O)[O-]. The van der Waals surface area contributed by atoms with Gasteiger partial charge in [-0.3, -0.25) is 14.9 Å². The zero-order chi connectivity index (χ0) is 16.7. The summed E-state index contributed by atoms with van der Waals surface area (Å²) in [5.41, 5.74) is -0.173. The van der Waals surface area contributed by atoms with Crippen LogP contribution in [0.2, 0.25) is 5.02 Å². The number of carbonyl (C=O) groups is 2. The Morgan fingerprint density at radius 1 is 1.36 bits per heavy atom. The zero-order valence-electron chi connectivity index (χ0n) is 11.9. The topological polar surface area (TPSA) is 95.7 Å². The van der Waals surface area contributed by atoms with Crippen LogP contribution in [0.1, 0.15) is 19.4 Å². The van der Waals surface area contributed by atoms with E-state index in [0.717, 1.165) is 13.0 Å². The summed E-state index contributed by atoms with van der Waals surface area (Å²) < 4.78 is 9.44. The molecule has 1 rings (SSSR count). The van der Waals surface area contributed by atoms with Gasteiger partial charge in [0.15, 0.2) is 0 Å². The van der Waals surface area contributed by atoms with E-state index in [0.29, 0.717) is 10.6 Å². The third-order valence-corrected chi connectivity index (χ3v) is 2.70. The van der Waals surface area contributed by atoms with Crippen molar-refractivity contribution in [3.05, 3.63) is 50.7 Å². The lowest BCUT2D eigenvalue weighted by molar-refractivity contribution is -0.432. The fourth-order valence-electron chi connectivity index (χ4n) is 1.57. The molecule has 0 aliphatic heterocycles. The summed E-state index contributed by atoms with van der Waals surface area (Å²) in [6.45, 7) is 2.59. The van der Waals surface area contributed by atoms with E-state index in [2.05, 4.69) is 0 Å². The fourth-order valence-corrected chi connectivity index (χ4v) is 1.69. The quantitative estimate of drug-likeness (QED) is 0.452. The molecular formula is C14H14ClNO6. The van der Waals surface area contributed by atoms with Gasteiger partial charge in [0.25, 0.3) is 11.8 Å². The van der Waals surface area contributed by atoms with Crippen LogP contribution in [-0.4, -0.2) is 29.6 Å². The minimum Gasteiger partial charge on any atom is -0.463 e. The number of nitrogens with zero attached hydrogens (tertiary/aromatic N) is 1. The van der Waals surface area contributed by atoms with Crippen molar-refractivity contribution in [2.75, 3.05) is 6.61 Å². The van der Waals surface area contributed by atoms with Gasteiger partial charge in [0.2, 0.25) is 0 Å². The summed E-state index contributed by atoms with van der Waals surface area (Å²) in [4.78, 5) is 33.3. The van der Waals surface area contributed by atoms with Crippen LogP contribution >= 0.6 is 11.6 Å². The highest BCUT2D eigenvalue weighted by molar-refractivity contribution is 6.30. The second-order valence-corrected chi connectivity index (χ2v) is 4.56. The average Bonchev–Trinajstić information content (AvgIpc) is 2.44. The van der Waals surface area contributed by atoms with Crippen LogP contribution in [0.25, 0.3) is 6.08 Å². The molecule has 118 valence electrons. The van der Waals surface area contributed by atoms with Gasteiger partial charge >= 0.3 is 11.9 Å². The first-order valence-corrected chi connectivity index (χ1v) is 6.68. The molecule has 0 saturated carbocycles. The fraction of sp³-hybridized carbons (Fsp3) is 0.286. The van der Waals surface area contributed by atoms with E-state index in [9.17, 15) is 19.7 Å². The van der Waals surface area contributed by atoms with Crippen LogP contribution in [-0.2, 0) is 19.1 Å². The molecule has 1 aromatic rings. The maximum atomic E-state index is 11.8. The number of carbonyl (C=O) groups excluding carboxylic acids is 2. The van der Waals surface area contributed by atoms with Crippen molar-refractivity contribution in [1.29, 1.82) is 0 Å². The van der Waals surface area contributed by atoms with Crippen molar-refractivity contribution in [2.24, 2.45) is 0 Å². The molecule has 0 aliphatic carbocycles. The molecule has 1 aromatic carbocycles. The predicted octanol–water partition coefficient (Wildman–Crippen LogP) is 2.45. The van der Waals surface area contributed by atoms with Gasteiger partial charge in [0, 0.05) is 18.0 Å². The normalized spacial score (nSPS) is 12.4. The lowest BCUT2D eigenvalue weighted by Crippen LogP contribution is -2.33. The number of nitro groups is 1. The maximum absolute atomic E-state index is 11.8. The molecule has 0 N–H and O–H groups in total. The van der Waals surface area contributed by atoms with Gasteiger partial charge in [-0.05, 0) is 24.6 Å². The van der Waals surface area contributed by atoms with Crippen LogP contribution < -0.4 is 0 Å². The van der Waals surface area contributed by atoms with Gasteiger partial charge in [-0.2, -0.15) is 0 Å². The first-order chi connectivity index (χ1) is 10.3.